The molecule has 0 spiro atoms. The number of hydrogen-bond donors (Lipinski definition) is 2. The van der Waals surface area contributed by atoms with E-state index >= 15 is 0 Å². The van der Waals surface area contributed by atoms with E-state index in [0.717, 1.165) is 13.8 Å². The predicted octanol–water partition coefficient (Wildman–Crippen LogP) is 4.24. The monoisotopic (exact) mass is 676 g/mol. The van der Waals surface area contributed by atoms with Crippen LogP contribution in [-0.4, -0.2) is 76.0 Å². The lowest BCUT2D eigenvalue weighted by molar-refractivity contribution is -0.313. The maximum absolute atomic E-state index is 14.4. The van der Waals surface area contributed by atoms with Gasteiger partial charge < -0.3 is 29.2 Å². The van der Waals surface area contributed by atoms with Crippen LogP contribution in [0.25, 0.3) is 0 Å². The van der Waals surface area contributed by atoms with Gasteiger partial charge in [-0.1, -0.05) is 63.2 Å². The molecule has 3 aliphatic rings. The van der Waals surface area contributed by atoms with Crippen LogP contribution < -0.4 is 0 Å². The molecular weight excluding hydrogens is 632 g/mol. The first kappa shape index (κ1) is 35.9. The standard InChI is InChI=1S/C38H44O11/c1-8-36(6)20-25(41)29-37(7)26(19-27(46-21(2)39)38(29,45)34(36)44)35(4,5)30(48-32(42)23-15-11-9-12-16-23)28(47-22(3)40)31(37)49-33(43)24-17-13-10-14-18-24/h8-18,25-31,41,45H,1,19-20H2,2-7H3/t25-,26?,27-,28+,29-,30-,31+,36+,37+,38+/m1/s1. The number of aliphatic hydroxyl groups is 2. The Balaban J connectivity index is 1.76. The molecule has 0 amide bonds. The van der Waals surface area contributed by atoms with Crippen molar-refractivity contribution in [2.24, 2.45) is 28.1 Å². The second-order valence-electron chi connectivity index (χ2n) is 14.6. The molecule has 11 heteroatoms. The zero-order valence-corrected chi connectivity index (χ0v) is 28.6. The van der Waals surface area contributed by atoms with Crippen molar-refractivity contribution in [1.29, 1.82) is 0 Å². The molecule has 11 nitrogen and oxygen atoms in total. The van der Waals surface area contributed by atoms with Crippen LogP contribution >= 0.6 is 0 Å². The number of ketones is 1. The molecule has 49 heavy (non-hydrogen) atoms. The fourth-order valence-corrected chi connectivity index (χ4v) is 9.01. The first-order valence-corrected chi connectivity index (χ1v) is 16.4. The van der Waals surface area contributed by atoms with Crippen molar-refractivity contribution < 1.29 is 53.1 Å². The highest BCUT2D eigenvalue weighted by Crippen LogP contribution is 2.67. The number of Topliss-reactive ketones (excluding diaryl/α,β-unsaturated/α-hetero) is 1. The molecule has 3 saturated carbocycles. The Bertz CT molecular complexity index is 1640. The van der Waals surface area contributed by atoms with Crippen molar-refractivity contribution in [3.63, 3.8) is 0 Å². The van der Waals surface area contributed by atoms with Crippen LogP contribution in [0.4, 0.5) is 0 Å². The van der Waals surface area contributed by atoms with Crippen LogP contribution in [0.2, 0.25) is 0 Å². The lowest BCUT2D eigenvalue weighted by Crippen LogP contribution is -2.80. The Morgan fingerprint density at radius 1 is 0.796 bits per heavy atom. The van der Waals surface area contributed by atoms with E-state index in [9.17, 15) is 34.2 Å². The van der Waals surface area contributed by atoms with Crippen molar-refractivity contribution in [3.05, 3.63) is 84.4 Å². The minimum Gasteiger partial charge on any atom is -0.459 e. The fraction of sp³-hybridized carbons (Fsp3) is 0.500. The van der Waals surface area contributed by atoms with E-state index in [1.54, 1.807) is 69.3 Å². The Kier molecular flexibility index (Phi) is 9.42. The van der Waals surface area contributed by atoms with Gasteiger partial charge in [0.1, 0.15) is 18.3 Å². The molecule has 2 aromatic carbocycles. The fourth-order valence-electron chi connectivity index (χ4n) is 9.01. The summed E-state index contributed by atoms with van der Waals surface area (Å²) in [6.45, 7) is 12.8. The van der Waals surface area contributed by atoms with Gasteiger partial charge in [-0.05, 0) is 49.9 Å². The van der Waals surface area contributed by atoms with Gasteiger partial charge in [-0.25, -0.2) is 9.59 Å². The summed E-state index contributed by atoms with van der Waals surface area (Å²) in [4.78, 5) is 67.3. The normalized spacial score (nSPS) is 36.2. The molecule has 2 aromatic rings. The van der Waals surface area contributed by atoms with Crippen LogP contribution in [0.5, 0.6) is 0 Å². The summed E-state index contributed by atoms with van der Waals surface area (Å²) >= 11 is 0. The van der Waals surface area contributed by atoms with Gasteiger partial charge in [-0.2, -0.15) is 0 Å². The molecular formula is C38H44O11. The third kappa shape index (κ3) is 5.86. The first-order valence-electron chi connectivity index (χ1n) is 16.4. The summed E-state index contributed by atoms with van der Waals surface area (Å²) < 4.78 is 24.1. The van der Waals surface area contributed by atoms with E-state index in [4.69, 9.17) is 18.9 Å². The Morgan fingerprint density at radius 3 is 1.76 bits per heavy atom. The highest BCUT2D eigenvalue weighted by molar-refractivity contribution is 5.96. The average molecular weight is 677 g/mol. The zero-order chi connectivity index (χ0) is 36.1. The molecule has 10 atom stereocenters. The van der Waals surface area contributed by atoms with E-state index in [0.29, 0.717) is 0 Å². The summed E-state index contributed by atoms with van der Waals surface area (Å²) in [6, 6.07) is 16.3. The lowest BCUT2D eigenvalue weighted by Gasteiger charge is -2.69. The minimum absolute atomic E-state index is 0.151. The summed E-state index contributed by atoms with van der Waals surface area (Å²) in [6.07, 6.45) is -6.03. The number of fused-ring (bicyclic) bond motifs is 3. The molecule has 1 unspecified atom stereocenters. The molecule has 0 aliphatic heterocycles. The van der Waals surface area contributed by atoms with Gasteiger partial charge in [-0.15, -0.1) is 6.58 Å². The van der Waals surface area contributed by atoms with Crippen LogP contribution in [-0.2, 0) is 33.3 Å². The number of carbonyl (C=O) groups is 5. The molecule has 0 bridgehead atoms. The Morgan fingerprint density at radius 2 is 1.29 bits per heavy atom. The number of allylic oxidation sites excluding steroid dienone is 1. The van der Waals surface area contributed by atoms with E-state index in [1.807, 2.05) is 0 Å². The number of carbonyl (C=O) groups excluding carboxylic acids is 5. The third-order valence-corrected chi connectivity index (χ3v) is 11.1. The highest BCUT2D eigenvalue weighted by atomic mass is 16.6. The first-order chi connectivity index (χ1) is 22.9. The van der Waals surface area contributed by atoms with E-state index in [1.165, 1.54) is 25.1 Å². The molecule has 262 valence electrons. The zero-order valence-electron chi connectivity index (χ0n) is 28.6. The number of esters is 4. The van der Waals surface area contributed by atoms with Crippen LogP contribution in [0, 0.1) is 28.1 Å². The Hall–Kier alpha value is -4.35. The third-order valence-electron chi connectivity index (χ3n) is 11.1. The smallest absolute Gasteiger partial charge is 0.338 e. The lowest BCUT2D eigenvalue weighted by atomic mass is 9.38. The van der Waals surface area contributed by atoms with Gasteiger partial charge in [0.2, 0.25) is 0 Å². The van der Waals surface area contributed by atoms with Crippen molar-refractivity contribution >= 4 is 29.7 Å². The molecule has 0 heterocycles. The average Bonchev–Trinajstić information content (AvgIpc) is 3.05. The topological polar surface area (TPSA) is 163 Å². The van der Waals surface area contributed by atoms with Gasteiger partial charge in [0.05, 0.1) is 17.2 Å². The Labute approximate surface area is 285 Å². The molecule has 0 saturated heterocycles. The van der Waals surface area contributed by atoms with Gasteiger partial charge in [0.15, 0.2) is 17.5 Å². The molecule has 0 aromatic heterocycles. The minimum atomic E-state index is -2.49. The summed E-state index contributed by atoms with van der Waals surface area (Å²) in [5.41, 5.74) is -6.23. The van der Waals surface area contributed by atoms with Gasteiger partial charge in [-0.3, -0.25) is 14.4 Å². The largest absolute Gasteiger partial charge is 0.459 e. The number of benzene rings is 2. The number of hydrogen-bond acceptors (Lipinski definition) is 11. The molecule has 3 fully saturated rings. The second-order valence-corrected chi connectivity index (χ2v) is 14.6. The van der Waals surface area contributed by atoms with E-state index in [-0.39, 0.29) is 24.0 Å². The molecule has 0 radical (unpaired) electrons. The van der Waals surface area contributed by atoms with Crippen LogP contribution in [0.3, 0.4) is 0 Å². The van der Waals surface area contributed by atoms with Crippen molar-refractivity contribution in [2.45, 2.75) is 90.5 Å². The molecule has 2 N–H and O–H groups in total. The van der Waals surface area contributed by atoms with Crippen molar-refractivity contribution in [2.75, 3.05) is 0 Å². The van der Waals surface area contributed by atoms with Crippen molar-refractivity contribution in [1.82, 2.24) is 0 Å². The SMILES string of the molecule is C=C[C@@]1(C)C[C@@H](O)[C@H]2[C@](O)(C1=O)[C@H](OC(C)=O)CC1C(C)(C)[C@H](OC(=O)c3ccccc3)[C@H](OC(C)=O)[C@H](OC(=O)c3ccccc3)[C@@]12C. The maximum atomic E-state index is 14.4. The van der Waals surface area contributed by atoms with Gasteiger partial charge >= 0.3 is 23.9 Å². The van der Waals surface area contributed by atoms with Crippen molar-refractivity contribution in [3.8, 4) is 0 Å². The number of aliphatic hydroxyl groups excluding tert-OH is 1. The summed E-state index contributed by atoms with van der Waals surface area (Å²) in [5, 5.41) is 24.8. The van der Waals surface area contributed by atoms with E-state index in [2.05, 4.69) is 6.58 Å². The molecule has 5 rings (SSSR count). The maximum Gasteiger partial charge on any atom is 0.338 e. The predicted molar refractivity (Wildman–Crippen MR) is 175 cm³/mol. The number of rotatable bonds is 7. The highest BCUT2D eigenvalue weighted by Gasteiger charge is 2.78. The molecule has 3 aliphatic carbocycles. The quantitative estimate of drug-likeness (QED) is 0.245. The summed E-state index contributed by atoms with van der Waals surface area (Å²) in [7, 11) is 0. The number of ether oxygens (including phenoxy) is 4. The van der Waals surface area contributed by atoms with Crippen LogP contribution in [0.15, 0.2) is 73.3 Å². The summed E-state index contributed by atoms with van der Waals surface area (Å²) in [5.74, 6) is -5.99. The van der Waals surface area contributed by atoms with Crippen LogP contribution in [0.1, 0.15) is 75.1 Å². The van der Waals surface area contributed by atoms with E-state index < -0.39 is 93.9 Å². The second kappa shape index (κ2) is 12.8. The van der Waals surface area contributed by atoms with Gasteiger partial charge in [0.25, 0.3) is 0 Å². The van der Waals surface area contributed by atoms with Gasteiger partial charge in [0, 0.05) is 36.0 Å².